The summed E-state index contributed by atoms with van der Waals surface area (Å²) >= 11 is 0. The van der Waals surface area contributed by atoms with Gasteiger partial charge in [0.25, 0.3) is 5.92 Å². The summed E-state index contributed by atoms with van der Waals surface area (Å²) < 4.78 is 37.4. The maximum absolute atomic E-state index is 13.7. The molecular formula is C16H23F2NO2. The average molecular weight is 299 g/mol. The minimum Gasteiger partial charge on any atom is -0.487 e. The zero-order chi connectivity index (χ0) is 16.0. The molecule has 0 saturated heterocycles. The van der Waals surface area contributed by atoms with Gasteiger partial charge < -0.3 is 9.47 Å². The quantitative estimate of drug-likeness (QED) is 0.541. The Hall–Kier alpha value is -1.65. The second-order valence-corrected chi connectivity index (χ2v) is 5.62. The molecule has 0 aliphatic rings. The van der Waals surface area contributed by atoms with Gasteiger partial charge in [0.1, 0.15) is 5.75 Å². The Labute approximate surface area is 125 Å². The summed E-state index contributed by atoms with van der Waals surface area (Å²) in [7, 11) is 1.51. The van der Waals surface area contributed by atoms with Crippen molar-refractivity contribution >= 4 is 12.1 Å². The van der Waals surface area contributed by atoms with Crippen LogP contribution in [0.3, 0.4) is 0 Å². The number of rotatable bonds is 7. The molecular weight excluding hydrogens is 276 g/mol. The van der Waals surface area contributed by atoms with Crippen LogP contribution < -0.4 is 4.74 Å². The fourth-order valence-electron chi connectivity index (χ4n) is 2.02. The van der Waals surface area contributed by atoms with E-state index in [2.05, 4.69) is 4.99 Å². The topological polar surface area (TPSA) is 30.8 Å². The number of aliphatic imine (C=N–C) groups is 1. The molecule has 0 unspecified atom stereocenters. The van der Waals surface area contributed by atoms with Crippen molar-refractivity contribution in [3.05, 3.63) is 23.3 Å². The van der Waals surface area contributed by atoms with Gasteiger partial charge in [-0.05, 0) is 43.0 Å². The van der Waals surface area contributed by atoms with E-state index in [1.807, 2.05) is 6.92 Å². The highest BCUT2D eigenvalue weighted by Crippen LogP contribution is 2.30. The van der Waals surface area contributed by atoms with E-state index in [0.717, 1.165) is 16.8 Å². The van der Waals surface area contributed by atoms with Crippen molar-refractivity contribution in [3.8, 4) is 5.75 Å². The van der Waals surface area contributed by atoms with Crippen LogP contribution in [0.1, 0.15) is 31.4 Å². The van der Waals surface area contributed by atoms with Gasteiger partial charge in [0.2, 0.25) is 0 Å². The standard InChI is InChI=1S/C16H23F2NO2/c1-11(2)8-16(17,18)9-21-15-7-12(3)14(6-13(15)4)19-10-20-5/h6-7,10-11H,8-9H2,1-5H3. The van der Waals surface area contributed by atoms with Gasteiger partial charge in [-0.25, -0.2) is 13.8 Å². The zero-order valence-electron chi connectivity index (χ0n) is 13.2. The van der Waals surface area contributed by atoms with E-state index < -0.39 is 12.5 Å². The Morgan fingerprint density at radius 3 is 2.48 bits per heavy atom. The van der Waals surface area contributed by atoms with Crippen molar-refractivity contribution in [1.29, 1.82) is 0 Å². The van der Waals surface area contributed by atoms with Gasteiger partial charge in [-0.2, -0.15) is 0 Å². The molecule has 0 N–H and O–H groups in total. The SMILES string of the molecule is COC=Nc1cc(C)c(OCC(F)(F)CC(C)C)cc1C. The molecule has 0 aliphatic heterocycles. The molecule has 0 saturated carbocycles. The molecule has 21 heavy (non-hydrogen) atoms. The summed E-state index contributed by atoms with van der Waals surface area (Å²) in [5.41, 5.74) is 2.34. The normalized spacial score (nSPS) is 12.2. The molecule has 0 atom stereocenters. The van der Waals surface area contributed by atoms with E-state index in [0.29, 0.717) is 5.75 Å². The first kappa shape index (κ1) is 17.4. The van der Waals surface area contributed by atoms with Crippen LogP contribution in [0.4, 0.5) is 14.5 Å². The Balaban J connectivity index is 2.81. The van der Waals surface area contributed by atoms with Gasteiger partial charge in [-0.1, -0.05) is 13.8 Å². The van der Waals surface area contributed by atoms with E-state index in [1.54, 1.807) is 32.9 Å². The van der Waals surface area contributed by atoms with Crippen LogP contribution in [0.5, 0.6) is 5.75 Å². The molecule has 5 heteroatoms. The zero-order valence-corrected chi connectivity index (χ0v) is 13.2. The number of aryl methyl sites for hydroxylation is 2. The van der Waals surface area contributed by atoms with Crippen molar-refractivity contribution in [1.82, 2.24) is 0 Å². The Morgan fingerprint density at radius 1 is 1.24 bits per heavy atom. The summed E-state index contributed by atoms with van der Waals surface area (Å²) in [6.45, 7) is 6.59. The first-order chi connectivity index (χ1) is 9.75. The molecule has 0 aliphatic carbocycles. The summed E-state index contributed by atoms with van der Waals surface area (Å²) in [4.78, 5) is 4.12. The van der Waals surface area contributed by atoms with Crippen LogP contribution >= 0.6 is 0 Å². The van der Waals surface area contributed by atoms with E-state index in [-0.39, 0.29) is 12.3 Å². The van der Waals surface area contributed by atoms with Crippen LogP contribution in [0.2, 0.25) is 0 Å². The first-order valence-corrected chi connectivity index (χ1v) is 6.92. The third kappa shape index (κ3) is 5.69. The van der Waals surface area contributed by atoms with Crippen LogP contribution in [0.25, 0.3) is 0 Å². The minimum absolute atomic E-state index is 0.0720. The van der Waals surface area contributed by atoms with Gasteiger partial charge >= 0.3 is 0 Å². The molecule has 1 rings (SSSR count). The molecule has 0 heterocycles. The van der Waals surface area contributed by atoms with Crippen LogP contribution in [0, 0.1) is 19.8 Å². The predicted octanol–water partition coefficient (Wildman–Crippen LogP) is 4.67. The van der Waals surface area contributed by atoms with Crippen molar-refractivity contribution in [2.45, 2.75) is 40.0 Å². The lowest BCUT2D eigenvalue weighted by Gasteiger charge is -2.20. The Bertz CT molecular complexity index is 499. The number of benzene rings is 1. The molecule has 0 bridgehead atoms. The molecule has 0 spiro atoms. The van der Waals surface area contributed by atoms with E-state index in [1.165, 1.54) is 13.5 Å². The number of methoxy groups -OCH3 is 1. The first-order valence-electron chi connectivity index (χ1n) is 6.92. The fourth-order valence-corrected chi connectivity index (χ4v) is 2.02. The predicted molar refractivity (Wildman–Crippen MR) is 81.0 cm³/mol. The van der Waals surface area contributed by atoms with Crippen molar-refractivity contribution in [3.63, 3.8) is 0 Å². The van der Waals surface area contributed by atoms with Crippen LogP contribution in [0.15, 0.2) is 17.1 Å². The highest BCUT2D eigenvalue weighted by atomic mass is 19.3. The molecule has 0 amide bonds. The fraction of sp³-hybridized carbons (Fsp3) is 0.562. The van der Waals surface area contributed by atoms with Gasteiger partial charge in [-0.15, -0.1) is 0 Å². The minimum atomic E-state index is -2.82. The molecule has 0 fully saturated rings. The van der Waals surface area contributed by atoms with Crippen LogP contribution in [-0.2, 0) is 4.74 Å². The lowest BCUT2D eigenvalue weighted by Crippen LogP contribution is -2.27. The number of ether oxygens (including phenoxy) is 2. The third-order valence-corrected chi connectivity index (χ3v) is 2.94. The number of alkyl halides is 2. The third-order valence-electron chi connectivity index (χ3n) is 2.94. The van der Waals surface area contributed by atoms with E-state index in [4.69, 9.17) is 9.47 Å². The number of nitrogens with zero attached hydrogens (tertiary/aromatic N) is 1. The number of hydrogen-bond acceptors (Lipinski definition) is 3. The van der Waals surface area contributed by atoms with Gasteiger partial charge in [0.05, 0.1) is 12.8 Å². The summed E-state index contributed by atoms with van der Waals surface area (Å²) in [5, 5.41) is 0. The van der Waals surface area contributed by atoms with E-state index >= 15 is 0 Å². The summed E-state index contributed by atoms with van der Waals surface area (Å²) in [6, 6.07) is 3.52. The summed E-state index contributed by atoms with van der Waals surface area (Å²) in [6.07, 6.45) is 1.15. The number of hydrogen-bond donors (Lipinski definition) is 0. The monoisotopic (exact) mass is 299 g/mol. The Kier molecular flexibility index (Phi) is 6.12. The van der Waals surface area contributed by atoms with Crippen molar-refractivity contribution in [2.24, 2.45) is 10.9 Å². The lowest BCUT2D eigenvalue weighted by molar-refractivity contribution is -0.0567. The molecule has 1 aromatic rings. The Morgan fingerprint density at radius 2 is 1.90 bits per heavy atom. The maximum atomic E-state index is 13.7. The number of halogens is 2. The molecule has 118 valence electrons. The highest BCUT2D eigenvalue weighted by Gasteiger charge is 2.31. The largest absolute Gasteiger partial charge is 0.487 e. The maximum Gasteiger partial charge on any atom is 0.281 e. The van der Waals surface area contributed by atoms with Crippen molar-refractivity contribution in [2.75, 3.05) is 13.7 Å². The van der Waals surface area contributed by atoms with E-state index in [9.17, 15) is 8.78 Å². The summed E-state index contributed by atoms with van der Waals surface area (Å²) in [5.74, 6) is -2.43. The molecule has 0 aromatic heterocycles. The van der Waals surface area contributed by atoms with Crippen molar-refractivity contribution < 1.29 is 18.3 Å². The second kappa shape index (κ2) is 7.38. The van der Waals surface area contributed by atoms with Gasteiger partial charge in [-0.3, -0.25) is 0 Å². The molecule has 0 radical (unpaired) electrons. The lowest BCUT2D eigenvalue weighted by atomic mass is 10.1. The van der Waals surface area contributed by atoms with Gasteiger partial charge in [0.15, 0.2) is 13.0 Å². The van der Waals surface area contributed by atoms with Gasteiger partial charge in [0, 0.05) is 6.42 Å². The van der Waals surface area contributed by atoms with Crippen LogP contribution in [-0.4, -0.2) is 26.0 Å². The highest BCUT2D eigenvalue weighted by molar-refractivity contribution is 5.61. The second-order valence-electron chi connectivity index (χ2n) is 5.62. The smallest absolute Gasteiger partial charge is 0.281 e. The molecule has 3 nitrogen and oxygen atoms in total. The average Bonchev–Trinajstić information content (AvgIpc) is 2.36. The molecule has 1 aromatic carbocycles.